The second kappa shape index (κ2) is 12.5. The first-order valence-corrected chi connectivity index (χ1v) is 13.0. The molecule has 0 radical (unpaired) electrons. The van der Waals surface area contributed by atoms with Gasteiger partial charge in [-0.25, -0.2) is 13.8 Å². The van der Waals surface area contributed by atoms with Crippen LogP contribution in [0.25, 0.3) is 0 Å². The van der Waals surface area contributed by atoms with Crippen molar-refractivity contribution in [3.8, 4) is 23.0 Å². The number of hydrogen-bond acceptors (Lipinski definition) is 8. The highest BCUT2D eigenvalue weighted by Gasteiger charge is 2.28. The molecular weight excluding hydrogens is 566 g/mol. The van der Waals surface area contributed by atoms with E-state index in [2.05, 4.69) is 26.5 Å². The van der Waals surface area contributed by atoms with Crippen LogP contribution in [0.15, 0.2) is 75.1 Å². The molecule has 0 heterocycles. The highest BCUT2D eigenvalue weighted by atomic mass is 79.9. The first-order chi connectivity index (χ1) is 17.7. The summed E-state index contributed by atoms with van der Waals surface area (Å²) in [6.07, 6.45) is 1.40. The van der Waals surface area contributed by atoms with Crippen molar-refractivity contribution in [2.24, 2.45) is 5.10 Å². The fourth-order valence-corrected chi connectivity index (χ4v) is 5.43. The molecule has 0 spiro atoms. The molecule has 3 aromatic carbocycles. The molecule has 0 saturated heterocycles. The van der Waals surface area contributed by atoms with Gasteiger partial charge in [0, 0.05) is 6.07 Å². The van der Waals surface area contributed by atoms with Crippen molar-refractivity contribution < 1.29 is 32.2 Å². The maximum atomic E-state index is 13.5. The van der Waals surface area contributed by atoms with Gasteiger partial charge in [-0.05, 0) is 57.9 Å². The van der Waals surface area contributed by atoms with Crippen LogP contribution in [-0.4, -0.2) is 55.5 Å². The summed E-state index contributed by atoms with van der Waals surface area (Å²) in [4.78, 5) is 12.8. The van der Waals surface area contributed by atoms with E-state index in [0.717, 1.165) is 4.31 Å². The van der Waals surface area contributed by atoms with Crippen LogP contribution in [0.5, 0.6) is 23.0 Å². The fourth-order valence-electron chi connectivity index (χ4n) is 3.37. The SMILES string of the molecule is COc1ccc(N(CC(=O)N/N=C\c2cc(Br)c(OC)c(OC)c2)S(=O)(=O)c2ccccc2)cc1OC. The van der Waals surface area contributed by atoms with E-state index >= 15 is 0 Å². The van der Waals surface area contributed by atoms with Crippen LogP contribution in [0, 0.1) is 0 Å². The Hall–Kier alpha value is -3.77. The zero-order valence-corrected chi connectivity index (χ0v) is 23.0. The lowest BCUT2D eigenvalue weighted by Gasteiger charge is -2.24. The molecule has 0 aliphatic rings. The third-order valence-electron chi connectivity index (χ3n) is 5.13. The van der Waals surface area contributed by atoms with Gasteiger partial charge in [0.1, 0.15) is 6.54 Å². The predicted octanol–water partition coefficient (Wildman–Crippen LogP) is 3.83. The van der Waals surface area contributed by atoms with Gasteiger partial charge in [0.05, 0.1) is 49.7 Å². The smallest absolute Gasteiger partial charge is 0.264 e. The number of rotatable bonds is 11. The van der Waals surface area contributed by atoms with E-state index in [-0.39, 0.29) is 10.6 Å². The zero-order chi connectivity index (χ0) is 27.0. The molecule has 12 heteroatoms. The van der Waals surface area contributed by atoms with Crippen molar-refractivity contribution in [1.82, 2.24) is 5.43 Å². The number of halogens is 1. The maximum Gasteiger partial charge on any atom is 0.264 e. The van der Waals surface area contributed by atoms with Crippen LogP contribution < -0.4 is 28.7 Å². The van der Waals surface area contributed by atoms with Crippen molar-refractivity contribution in [2.45, 2.75) is 4.90 Å². The van der Waals surface area contributed by atoms with E-state index in [1.54, 1.807) is 36.4 Å². The zero-order valence-electron chi connectivity index (χ0n) is 20.6. The van der Waals surface area contributed by atoms with Gasteiger partial charge < -0.3 is 18.9 Å². The molecule has 0 fully saturated rings. The van der Waals surface area contributed by atoms with Gasteiger partial charge in [-0.1, -0.05) is 18.2 Å². The number of amides is 1. The standard InChI is InChI=1S/C25H26BrN3O7S/c1-33-21-11-10-18(14-22(21)34-2)29(37(31,32)19-8-6-5-7-9-19)16-24(30)28-27-15-17-12-20(26)25(36-4)23(13-17)35-3/h5-15H,16H2,1-4H3,(H,28,30)/b27-15-. The number of sulfonamides is 1. The second-order valence-corrected chi connectivity index (χ2v) is 10.1. The van der Waals surface area contributed by atoms with E-state index in [9.17, 15) is 13.2 Å². The summed E-state index contributed by atoms with van der Waals surface area (Å²) in [5.41, 5.74) is 3.19. The van der Waals surface area contributed by atoms with E-state index in [1.807, 2.05) is 0 Å². The Bertz CT molecular complexity index is 1380. The second-order valence-electron chi connectivity index (χ2n) is 7.40. The van der Waals surface area contributed by atoms with Crippen molar-refractivity contribution in [1.29, 1.82) is 0 Å². The number of anilines is 1. The highest BCUT2D eigenvalue weighted by Crippen LogP contribution is 2.36. The Balaban J connectivity index is 1.88. The summed E-state index contributed by atoms with van der Waals surface area (Å²) in [5, 5.41) is 3.97. The van der Waals surface area contributed by atoms with Crippen LogP contribution in [0.2, 0.25) is 0 Å². The van der Waals surface area contributed by atoms with E-state index in [0.29, 0.717) is 33.0 Å². The Labute approximate surface area is 224 Å². The third kappa shape index (κ3) is 6.52. The van der Waals surface area contributed by atoms with Crippen molar-refractivity contribution in [3.05, 3.63) is 70.7 Å². The summed E-state index contributed by atoms with van der Waals surface area (Å²) in [6.45, 7) is -0.542. The molecule has 1 amide bonds. The van der Waals surface area contributed by atoms with Gasteiger partial charge in [0.2, 0.25) is 0 Å². The molecule has 0 saturated carbocycles. The van der Waals surface area contributed by atoms with Crippen molar-refractivity contribution in [2.75, 3.05) is 39.3 Å². The van der Waals surface area contributed by atoms with E-state index in [4.69, 9.17) is 18.9 Å². The van der Waals surface area contributed by atoms with Crippen LogP contribution >= 0.6 is 15.9 Å². The van der Waals surface area contributed by atoms with Crippen LogP contribution in [0.1, 0.15) is 5.56 Å². The molecule has 0 unspecified atom stereocenters. The normalized spacial score (nSPS) is 11.2. The van der Waals surface area contributed by atoms with Gasteiger partial charge in [-0.15, -0.1) is 0 Å². The first kappa shape index (κ1) is 27.8. The molecule has 0 atom stereocenters. The number of nitrogens with zero attached hydrogens (tertiary/aromatic N) is 2. The summed E-state index contributed by atoms with van der Waals surface area (Å²) in [7, 11) is 1.82. The molecule has 0 aliphatic carbocycles. The van der Waals surface area contributed by atoms with Gasteiger partial charge >= 0.3 is 0 Å². The number of benzene rings is 3. The third-order valence-corrected chi connectivity index (χ3v) is 7.51. The predicted molar refractivity (Wildman–Crippen MR) is 144 cm³/mol. The summed E-state index contributed by atoms with van der Waals surface area (Å²) >= 11 is 3.40. The molecule has 0 aromatic heterocycles. The Kier molecular flexibility index (Phi) is 9.36. The van der Waals surface area contributed by atoms with Crippen LogP contribution in [0.3, 0.4) is 0 Å². The lowest BCUT2D eigenvalue weighted by molar-refractivity contribution is -0.119. The summed E-state index contributed by atoms with van der Waals surface area (Å²) in [5.74, 6) is 1.05. The molecule has 1 N–H and O–H groups in total. The minimum atomic E-state index is -4.11. The number of hydrazone groups is 1. The molecule has 10 nitrogen and oxygen atoms in total. The van der Waals surface area contributed by atoms with Crippen LogP contribution in [0.4, 0.5) is 5.69 Å². The van der Waals surface area contributed by atoms with Crippen LogP contribution in [-0.2, 0) is 14.8 Å². The minimum absolute atomic E-state index is 0.0243. The Morgan fingerprint density at radius 3 is 2.22 bits per heavy atom. The maximum absolute atomic E-state index is 13.5. The minimum Gasteiger partial charge on any atom is -0.493 e. The lowest BCUT2D eigenvalue weighted by atomic mass is 10.2. The molecule has 3 rings (SSSR count). The topological polar surface area (TPSA) is 116 Å². The highest BCUT2D eigenvalue weighted by molar-refractivity contribution is 9.10. The number of carbonyl (C=O) groups excluding carboxylic acids is 1. The Morgan fingerprint density at radius 2 is 1.59 bits per heavy atom. The number of methoxy groups -OCH3 is 4. The molecule has 3 aromatic rings. The number of carbonyl (C=O) groups is 1. The first-order valence-electron chi connectivity index (χ1n) is 10.8. The average molecular weight is 592 g/mol. The van der Waals surface area contributed by atoms with Gasteiger partial charge in [-0.3, -0.25) is 9.10 Å². The lowest BCUT2D eigenvalue weighted by Crippen LogP contribution is -2.39. The monoisotopic (exact) mass is 591 g/mol. The fraction of sp³-hybridized carbons (Fsp3) is 0.200. The molecular formula is C25H26BrN3O7S. The molecule has 196 valence electrons. The molecule has 37 heavy (non-hydrogen) atoms. The van der Waals surface area contributed by atoms with Gasteiger partial charge in [-0.2, -0.15) is 5.10 Å². The van der Waals surface area contributed by atoms with Gasteiger partial charge in [0.15, 0.2) is 23.0 Å². The summed E-state index contributed by atoms with van der Waals surface area (Å²) in [6, 6.07) is 15.8. The van der Waals surface area contributed by atoms with E-state index in [1.165, 1.54) is 58.9 Å². The van der Waals surface area contributed by atoms with Gasteiger partial charge in [0.25, 0.3) is 15.9 Å². The van der Waals surface area contributed by atoms with Crippen molar-refractivity contribution in [3.63, 3.8) is 0 Å². The molecule has 0 bridgehead atoms. The largest absolute Gasteiger partial charge is 0.493 e. The van der Waals surface area contributed by atoms with E-state index < -0.39 is 22.5 Å². The Morgan fingerprint density at radius 1 is 0.919 bits per heavy atom. The number of ether oxygens (including phenoxy) is 4. The number of nitrogens with one attached hydrogen (secondary N) is 1. The summed E-state index contributed by atoms with van der Waals surface area (Å²) < 4.78 is 49.7. The quantitative estimate of drug-likeness (QED) is 0.266. The van der Waals surface area contributed by atoms with Crippen molar-refractivity contribution >= 4 is 43.8 Å². The molecule has 0 aliphatic heterocycles. The average Bonchev–Trinajstić information content (AvgIpc) is 2.91. The number of hydrogen-bond donors (Lipinski definition) is 1.